The van der Waals surface area contributed by atoms with E-state index >= 15 is 0 Å². The number of likely N-dealkylation sites (tertiary alicyclic amines) is 1. The first-order chi connectivity index (χ1) is 11.7. The van der Waals surface area contributed by atoms with E-state index in [1.807, 2.05) is 54.3 Å². The smallest absolute Gasteiger partial charge is 0.264 e. The van der Waals surface area contributed by atoms with E-state index in [-0.39, 0.29) is 11.9 Å². The highest BCUT2D eigenvalue weighted by Crippen LogP contribution is 2.33. The minimum Gasteiger partial charge on any atom is -0.328 e. The molecule has 1 aromatic carbocycles. The molecule has 24 heavy (non-hydrogen) atoms. The Balaban J connectivity index is 1.59. The Labute approximate surface area is 144 Å². The Hall–Kier alpha value is -2.47. The van der Waals surface area contributed by atoms with Crippen LogP contribution < -0.4 is 0 Å². The molecule has 1 aliphatic rings. The molecule has 1 saturated heterocycles. The number of nitrogens with one attached hydrogen (secondary N) is 1. The lowest BCUT2D eigenvalue weighted by atomic mass is 10.2. The van der Waals surface area contributed by atoms with Crippen molar-refractivity contribution in [3.05, 3.63) is 58.0 Å². The van der Waals surface area contributed by atoms with Crippen molar-refractivity contribution in [2.24, 2.45) is 0 Å². The van der Waals surface area contributed by atoms with Crippen molar-refractivity contribution in [2.75, 3.05) is 6.54 Å². The third kappa shape index (κ3) is 2.73. The number of rotatable bonds is 3. The molecule has 0 saturated carbocycles. The van der Waals surface area contributed by atoms with Crippen LogP contribution in [0.3, 0.4) is 0 Å². The van der Waals surface area contributed by atoms with Gasteiger partial charge in [-0.3, -0.25) is 9.89 Å². The van der Waals surface area contributed by atoms with Crippen molar-refractivity contribution in [3.63, 3.8) is 0 Å². The van der Waals surface area contributed by atoms with Gasteiger partial charge in [-0.15, -0.1) is 11.3 Å². The molecule has 0 radical (unpaired) electrons. The summed E-state index contributed by atoms with van der Waals surface area (Å²) in [6, 6.07) is 13.8. The van der Waals surface area contributed by atoms with Gasteiger partial charge in [0.2, 0.25) is 0 Å². The number of benzene rings is 1. The second-order valence-electron chi connectivity index (χ2n) is 5.98. The van der Waals surface area contributed by atoms with Crippen molar-refractivity contribution in [2.45, 2.75) is 25.8 Å². The molecule has 6 heteroatoms. The predicted octanol–water partition coefficient (Wildman–Crippen LogP) is 3.82. The fourth-order valence-electron chi connectivity index (χ4n) is 3.12. The third-order valence-corrected chi connectivity index (χ3v) is 5.30. The van der Waals surface area contributed by atoms with Gasteiger partial charge in [0, 0.05) is 17.0 Å². The van der Waals surface area contributed by atoms with Crippen LogP contribution in [0.15, 0.2) is 42.5 Å². The molecule has 3 heterocycles. The monoisotopic (exact) mass is 338 g/mol. The zero-order valence-corrected chi connectivity index (χ0v) is 14.2. The van der Waals surface area contributed by atoms with Crippen molar-refractivity contribution >= 4 is 17.2 Å². The van der Waals surface area contributed by atoms with Gasteiger partial charge < -0.3 is 4.90 Å². The molecule has 1 unspecified atom stereocenters. The first kappa shape index (κ1) is 15.1. The number of thiophene rings is 1. The Bertz CT molecular complexity index is 855. The number of hydrogen-bond acceptors (Lipinski definition) is 4. The van der Waals surface area contributed by atoms with Gasteiger partial charge in [0.1, 0.15) is 5.82 Å². The van der Waals surface area contributed by atoms with E-state index in [0.717, 1.165) is 40.5 Å². The molecular weight excluding hydrogens is 320 g/mol. The lowest BCUT2D eigenvalue weighted by Crippen LogP contribution is -2.30. The molecule has 4 rings (SSSR count). The van der Waals surface area contributed by atoms with Gasteiger partial charge in [-0.2, -0.15) is 5.10 Å². The molecule has 1 aliphatic heterocycles. The van der Waals surface area contributed by atoms with E-state index in [9.17, 15) is 4.79 Å². The van der Waals surface area contributed by atoms with Gasteiger partial charge in [-0.1, -0.05) is 30.3 Å². The lowest BCUT2D eigenvalue weighted by molar-refractivity contribution is 0.0735. The molecule has 2 aromatic heterocycles. The number of aromatic nitrogens is 3. The number of amides is 1. The summed E-state index contributed by atoms with van der Waals surface area (Å²) in [5.41, 5.74) is 0.977. The Morgan fingerprint density at radius 2 is 2.08 bits per heavy atom. The Morgan fingerprint density at radius 3 is 2.83 bits per heavy atom. The zero-order valence-electron chi connectivity index (χ0n) is 13.4. The summed E-state index contributed by atoms with van der Waals surface area (Å²) < 4.78 is 0. The van der Waals surface area contributed by atoms with E-state index in [4.69, 9.17) is 0 Å². The number of aromatic amines is 1. The SMILES string of the molecule is Cc1ccc(C(=O)N2CCCC2c2nc(-c3ccccc3)n[nH]2)s1. The average Bonchev–Trinajstić information content (AvgIpc) is 3.34. The van der Waals surface area contributed by atoms with Gasteiger partial charge >= 0.3 is 0 Å². The molecule has 5 nitrogen and oxygen atoms in total. The molecule has 1 fully saturated rings. The third-order valence-electron chi connectivity index (χ3n) is 4.32. The summed E-state index contributed by atoms with van der Waals surface area (Å²) in [6.45, 7) is 2.79. The Morgan fingerprint density at radius 1 is 1.25 bits per heavy atom. The number of aryl methyl sites for hydroxylation is 1. The zero-order chi connectivity index (χ0) is 16.5. The molecular formula is C18H18N4OS. The highest BCUT2D eigenvalue weighted by atomic mass is 32.1. The van der Waals surface area contributed by atoms with E-state index in [2.05, 4.69) is 15.2 Å². The van der Waals surface area contributed by atoms with Crippen LogP contribution in [0.25, 0.3) is 11.4 Å². The molecule has 3 aromatic rings. The molecule has 0 aliphatic carbocycles. The first-order valence-corrected chi connectivity index (χ1v) is 8.89. The quantitative estimate of drug-likeness (QED) is 0.790. The second kappa shape index (κ2) is 6.20. The van der Waals surface area contributed by atoms with Crippen LogP contribution in [0.1, 0.15) is 39.3 Å². The molecule has 1 amide bonds. The van der Waals surface area contributed by atoms with Gasteiger partial charge in [0.25, 0.3) is 5.91 Å². The van der Waals surface area contributed by atoms with E-state index in [1.165, 1.54) is 0 Å². The topological polar surface area (TPSA) is 61.9 Å². The van der Waals surface area contributed by atoms with E-state index in [1.54, 1.807) is 11.3 Å². The van der Waals surface area contributed by atoms with Crippen LogP contribution in [-0.4, -0.2) is 32.5 Å². The highest BCUT2D eigenvalue weighted by Gasteiger charge is 2.33. The van der Waals surface area contributed by atoms with Gasteiger partial charge in [0.05, 0.1) is 10.9 Å². The van der Waals surface area contributed by atoms with Crippen LogP contribution in [0, 0.1) is 6.92 Å². The standard InChI is InChI=1S/C18H18N4OS/c1-12-9-10-15(24-12)18(23)22-11-5-8-14(22)17-19-16(20-21-17)13-6-3-2-4-7-13/h2-4,6-7,9-10,14H,5,8,11H2,1H3,(H,19,20,21). The highest BCUT2D eigenvalue weighted by molar-refractivity contribution is 7.13. The van der Waals surface area contributed by atoms with Crippen LogP contribution in [-0.2, 0) is 0 Å². The van der Waals surface area contributed by atoms with E-state index in [0.29, 0.717) is 5.82 Å². The molecule has 0 bridgehead atoms. The summed E-state index contributed by atoms with van der Waals surface area (Å²) in [5.74, 6) is 1.54. The van der Waals surface area contributed by atoms with Crippen LogP contribution in [0.2, 0.25) is 0 Å². The maximum Gasteiger partial charge on any atom is 0.264 e. The predicted molar refractivity (Wildman–Crippen MR) is 93.9 cm³/mol. The summed E-state index contributed by atoms with van der Waals surface area (Å²) >= 11 is 1.54. The summed E-state index contributed by atoms with van der Waals surface area (Å²) in [4.78, 5) is 21.3. The van der Waals surface area contributed by atoms with Crippen LogP contribution in [0.5, 0.6) is 0 Å². The number of carbonyl (C=O) groups excluding carboxylic acids is 1. The number of carbonyl (C=O) groups is 1. The lowest BCUT2D eigenvalue weighted by Gasteiger charge is -2.22. The van der Waals surface area contributed by atoms with Crippen molar-refractivity contribution in [1.29, 1.82) is 0 Å². The van der Waals surface area contributed by atoms with Crippen molar-refractivity contribution < 1.29 is 4.79 Å². The van der Waals surface area contributed by atoms with Crippen LogP contribution >= 0.6 is 11.3 Å². The number of H-pyrrole nitrogens is 1. The van der Waals surface area contributed by atoms with E-state index < -0.39 is 0 Å². The number of nitrogens with zero attached hydrogens (tertiary/aromatic N) is 3. The molecule has 1 atom stereocenters. The Kier molecular flexibility index (Phi) is 3.90. The maximum absolute atomic E-state index is 12.8. The molecule has 0 spiro atoms. The summed E-state index contributed by atoms with van der Waals surface area (Å²) in [5, 5.41) is 7.37. The van der Waals surface area contributed by atoms with Crippen LogP contribution in [0.4, 0.5) is 0 Å². The average molecular weight is 338 g/mol. The van der Waals surface area contributed by atoms with Crippen molar-refractivity contribution in [1.82, 2.24) is 20.1 Å². The van der Waals surface area contributed by atoms with Gasteiger partial charge in [-0.05, 0) is 31.9 Å². The normalized spacial score (nSPS) is 17.4. The maximum atomic E-state index is 12.8. The van der Waals surface area contributed by atoms with Gasteiger partial charge in [0.15, 0.2) is 5.82 Å². The summed E-state index contributed by atoms with van der Waals surface area (Å²) in [7, 11) is 0. The van der Waals surface area contributed by atoms with Crippen molar-refractivity contribution in [3.8, 4) is 11.4 Å². The first-order valence-electron chi connectivity index (χ1n) is 8.07. The minimum absolute atomic E-state index is 0.0233. The molecule has 122 valence electrons. The second-order valence-corrected chi connectivity index (χ2v) is 7.27. The molecule has 1 N–H and O–H groups in total. The fourth-order valence-corrected chi connectivity index (χ4v) is 3.95. The summed E-state index contributed by atoms with van der Waals surface area (Å²) in [6.07, 6.45) is 1.90. The number of hydrogen-bond donors (Lipinski definition) is 1. The fraction of sp³-hybridized carbons (Fsp3) is 0.278. The minimum atomic E-state index is -0.0233. The van der Waals surface area contributed by atoms with Gasteiger partial charge in [-0.25, -0.2) is 4.98 Å². The largest absolute Gasteiger partial charge is 0.328 e.